The highest BCUT2D eigenvalue weighted by Crippen LogP contribution is 2.11. The van der Waals surface area contributed by atoms with Crippen LogP contribution in [0.4, 0.5) is 0 Å². The first-order chi connectivity index (χ1) is 5.63. The summed E-state index contributed by atoms with van der Waals surface area (Å²) < 4.78 is 4.60. The Hall–Kier alpha value is -0.280. The maximum Gasteiger partial charge on any atom is 0.336 e. The van der Waals surface area contributed by atoms with Crippen molar-refractivity contribution >= 4 is 17.6 Å². The SMILES string of the molecule is CCC[C@@H](Cl)[C@@H](O)C(=O)OCC. The summed E-state index contributed by atoms with van der Waals surface area (Å²) in [6.07, 6.45) is 0.262. The third kappa shape index (κ3) is 3.93. The average molecular weight is 195 g/mol. The van der Waals surface area contributed by atoms with Gasteiger partial charge in [0.25, 0.3) is 0 Å². The number of aliphatic hydroxyl groups is 1. The molecule has 0 heterocycles. The molecule has 72 valence electrons. The number of halogens is 1. The molecule has 0 saturated heterocycles. The van der Waals surface area contributed by atoms with Crippen molar-refractivity contribution in [3.05, 3.63) is 0 Å². The lowest BCUT2D eigenvalue weighted by molar-refractivity contribution is -0.153. The van der Waals surface area contributed by atoms with Crippen LogP contribution in [0.1, 0.15) is 26.7 Å². The van der Waals surface area contributed by atoms with Crippen molar-refractivity contribution in [3.8, 4) is 0 Å². The van der Waals surface area contributed by atoms with Crippen LogP contribution in [-0.4, -0.2) is 29.2 Å². The van der Waals surface area contributed by atoms with E-state index in [1.165, 1.54) is 0 Å². The molecule has 0 amide bonds. The molecule has 2 atom stereocenters. The lowest BCUT2D eigenvalue weighted by Crippen LogP contribution is -2.31. The van der Waals surface area contributed by atoms with Crippen LogP contribution in [0.15, 0.2) is 0 Å². The van der Waals surface area contributed by atoms with Crippen molar-refractivity contribution in [2.45, 2.75) is 38.2 Å². The van der Waals surface area contributed by atoms with Crippen LogP contribution < -0.4 is 0 Å². The van der Waals surface area contributed by atoms with Gasteiger partial charge in [-0.05, 0) is 13.3 Å². The van der Waals surface area contributed by atoms with Crippen molar-refractivity contribution in [3.63, 3.8) is 0 Å². The zero-order chi connectivity index (χ0) is 9.56. The van der Waals surface area contributed by atoms with E-state index in [0.29, 0.717) is 6.42 Å². The monoisotopic (exact) mass is 194 g/mol. The molecule has 0 fully saturated rings. The number of carbonyl (C=O) groups is 1. The van der Waals surface area contributed by atoms with Crippen molar-refractivity contribution in [2.75, 3.05) is 6.61 Å². The normalized spacial score (nSPS) is 15.3. The Balaban J connectivity index is 3.82. The van der Waals surface area contributed by atoms with Gasteiger partial charge in [-0.2, -0.15) is 0 Å². The van der Waals surface area contributed by atoms with Crippen molar-refractivity contribution in [1.29, 1.82) is 0 Å². The molecule has 0 aromatic heterocycles. The van der Waals surface area contributed by atoms with E-state index in [1.807, 2.05) is 6.92 Å². The largest absolute Gasteiger partial charge is 0.464 e. The maximum atomic E-state index is 10.9. The highest BCUT2D eigenvalue weighted by molar-refractivity contribution is 6.22. The molecule has 0 radical (unpaired) electrons. The molecule has 0 aliphatic carbocycles. The van der Waals surface area contributed by atoms with Gasteiger partial charge in [-0.15, -0.1) is 11.6 Å². The number of carbonyl (C=O) groups excluding carboxylic acids is 1. The molecule has 4 heteroatoms. The van der Waals surface area contributed by atoms with Gasteiger partial charge >= 0.3 is 5.97 Å². The molecule has 0 unspecified atom stereocenters. The van der Waals surface area contributed by atoms with E-state index in [4.69, 9.17) is 11.6 Å². The van der Waals surface area contributed by atoms with Gasteiger partial charge in [0.15, 0.2) is 6.10 Å². The van der Waals surface area contributed by atoms with E-state index in [0.717, 1.165) is 6.42 Å². The lowest BCUT2D eigenvalue weighted by atomic mass is 10.1. The fraction of sp³-hybridized carbons (Fsp3) is 0.875. The molecule has 0 bridgehead atoms. The summed E-state index contributed by atoms with van der Waals surface area (Å²) in [6, 6.07) is 0. The zero-order valence-corrected chi connectivity index (χ0v) is 8.17. The summed E-state index contributed by atoms with van der Waals surface area (Å²) >= 11 is 5.71. The van der Waals surface area contributed by atoms with Crippen LogP contribution >= 0.6 is 11.6 Å². The van der Waals surface area contributed by atoms with E-state index in [9.17, 15) is 9.90 Å². The second kappa shape index (κ2) is 6.26. The number of hydrogen-bond donors (Lipinski definition) is 1. The summed E-state index contributed by atoms with van der Waals surface area (Å²) in [6.45, 7) is 3.90. The molecule has 0 aliphatic heterocycles. The number of rotatable bonds is 5. The summed E-state index contributed by atoms with van der Waals surface area (Å²) in [5.41, 5.74) is 0. The van der Waals surface area contributed by atoms with Crippen LogP contribution in [0.5, 0.6) is 0 Å². The lowest BCUT2D eigenvalue weighted by Gasteiger charge is -2.14. The van der Waals surface area contributed by atoms with Crippen LogP contribution in [0.25, 0.3) is 0 Å². The number of alkyl halides is 1. The Morgan fingerprint density at radius 3 is 2.58 bits per heavy atom. The first-order valence-electron chi connectivity index (χ1n) is 4.12. The van der Waals surface area contributed by atoms with Gasteiger partial charge in [-0.1, -0.05) is 13.3 Å². The van der Waals surface area contributed by atoms with Gasteiger partial charge in [-0.25, -0.2) is 4.79 Å². The Kier molecular flexibility index (Phi) is 6.11. The number of hydrogen-bond acceptors (Lipinski definition) is 3. The van der Waals surface area contributed by atoms with Crippen molar-refractivity contribution < 1.29 is 14.6 Å². The summed E-state index contributed by atoms with van der Waals surface area (Å²) in [7, 11) is 0. The second-order valence-corrected chi connectivity index (χ2v) is 3.06. The average Bonchev–Trinajstić information content (AvgIpc) is 2.04. The quantitative estimate of drug-likeness (QED) is 0.531. The predicted octanol–water partition coefficient (Wildman–Crippen LogP) is 1.32. The number of ether oxygens (including phenoxy) is 1. The van der Waals surface area contributed by atoms with Crippen LogP contribution in [0.3, 0.4) is 0 Å². The van der Waals surface area contributed by atoms with Gasteiger partial charge in [-0.3, -0.25) is 0 Å². The van der Waals surface area contributed by atoms with Gasteiger partial charge in [0.2, 0.25) is 0 Å². The summed E-state index contributed by atoms with van der Waals surface area (Å²) in [5, 5.41) is 8.71. The minimum atomic E-state index is -1.19. The van der Waals surface area contributed by atoms with Gasteiger partial charge in [0.05, 0.1) is 12.0 Å². The third-order valence-corrected chi connectivity index (χ3v) is 1.89. The van der Waals surface area contributed by atoms with Crippen LogP contribution in [0.2, 0.25) is 0 Å². The van der Waals surface area contributed by atoms with E-state index >= 15 is 0 Å². The third-order valence-electron chi connectivity index (χ3n) is 1.44. The second-order valence-electron chi connectivity index (χ2n) is 2.50. The Morgan fingerprint density at radius 1 is 1.58 bits per heavy atom. The first kappa shape index (κ1) is 11.7. The molecule has 0 aliphatic rings. The van der Waals surface area contributed by atoms with E-state index in [2.05, 4.69) is 4.74 Å². The van der Waals surface area contributed by atoms with Gasteiger partial charge in [0.1, 0.15) is 0 Å². The van der Waals surface area contributed by atoms with Crippen LogP contribution in [-0.2, 0) is 9.53 Å². The minimum Gasteiger partial charge on any atom is -0.464 e. The highest BCUT2D eigenvalue weighted by Gasteiger charge is 2.24. The predicted molar refractivity (Wildman–Crippen MR) is 47.2 cm³/mol. The van der Waals surface area contributed by atoms with Crippen molar-refractivity contribution in [2.24, 2.45) is 0 Å². The molecule has 0 aromatic rings. The molecule has 3 nitrogen and oxygen atoms in total. The number of aliphatic hydroxyl groups excluding tert-OH is 1. The molecule has 0 spiro atoms. The molecule has 1 N–H and O–H groups in total. The highest BCUT2D eigenvalue weighted by atomic mass is 35.5. The zero-order valence-electron chi connectivity index (χ0n) is 7.42. The smallest absolute Gasteiger partial charge is 0.336 e. The number of esters is 1. The van der Waals surface area contributed by atoms with E-state index in [1.54, 1.807) is 6.92 Å². The van der Waals surface area contributed by atoms with Crippen LogP contribution in [0, 0.1) is 0 Å². The molecule has 0 rings (SSSR count). The Labute approximate surface area is 77.7 Å². The van der Waals surface area contributed by atoms with Gasteiger partial charge in [0, 0.05) is 0 Å². The fourth-order valence-corrected chi connectivity index (χ4v) is 1.13. The standard InChI is InChI=1S/C8H15ClO3/c1-3-5-6(9)7(10)8(11)12-4-2/h6-7,10H,3-5H2,1-2H3/t6-,7-/m1/s1. The summed E-state index contributed by atoms with van der Waals surface area (Å²) in [5.74, 6) is -0.633. The van der Waals surface area contributed by atoms with Gasteiger partial charge < -0.3 is 9.84 Å². The first-order valence-corrected chi connectivity index (χ1v) is 4.55. The van der Waals surface area contributed by atoms with Crippen molar-refractivity contribution in [1.82, 2.24) is 0 Å². The fourth-order valence-electron chi connectivity index (χ4n) is 0.809. The topological polar surface area (TPSA) is 46.5 Å². The molecule has 0 saturated carbocycles. The minimum absolute atomic E-state index is 0.269. The molecular weight excluding hydrogens is 180 g/mol. The Bertz CT molecular complexity index is 138. The molecule has 12 heavy (non-hydrogen) atoms. The van der Waals surface area contributed by atoms with E-state index in [-0.39, 0.29) is 6.61 Å². The Morgan fingerprint density at radius 2 is 2.17 bits per heavy atom. The summed E-state index contributed by atoms with van der Waals surface area (Å²) in [4.78, 5) is 10.9. The molecule has 0 aromatic carbocycles. The molecular formula is C8H15ClO3. The maximum absolute atomic E-state index is 10.9. The van der Waals surface area contributed by atoms with E-state index < -0.39 is 17.5 Å².